The summed E-state index contributed by atoms with van der Waals surface area (Å²) < 4.78 is 32.7. The van der Waals surface area contributed by atoms with Crippen molar-refractivity contribution in [3.63, 3.8) is 0 Å². The molecule has 0 atom stereocenters. The van der Waals surface area contributed by atoms with Gasteiger partial charge >= 0.3 is 0 Å². The molecule has 0 N–H and O–H groups in total. The molecule has 0 bridgehead atoms. The summed E-state index contributed by atoms with van der Waals surface area (Å²) in [6, 6.07) is 13.9. The number of ether oxygens (including phenoxy) is 1. The first-order valence-corrected chi connectivity index (χ1v) is 10.7. The lowest BCUT2D eigenvalue weighted by Gasteiger charge is -2.35. The number of piperazine rings is 1. The van der Waals surface area contributed by atoms with Crippen LogP contribution in [0.5, 0.6) is 5.75 Å². The van der Waals surface area contributed by atoms with Gasteiger partial charge in [-0.15, -0.1) is 0 Å². The Balaban J connectivity index is 1.45. The number of sulfonamides is 1. The third-order valence-corrected chi connectivity index (χ3v) is 7.29. The van der Waals surface area contributed by atoms with Gasteiger partial charge in [-0.3, -0.25) is 4.79 Å². The molecule has 4 rings (SSSR count). The standard InChI is InChI=1S/C20H19ClN2O4S/c21-17-6-2-4-8-19(17)28(25,26)23-11-9-22(10-12-23)20(24)16-13-15-5-1-3-7-18(15)27-14-16/h1-8,13H,9-12,14H2. The predicted molar refractivity (Wildman–Crippen MR) is 107 cm³/mol. The average molecular weight is 419 g/mol. The molecular formula is C20H19ClN2O4S. The van der Waals surface area contributed by atoms with Crippen molar-refractivity contribution >= 4 is 33.6 Å². The lowest BCUT2D eigenvalue weighted by molar-refractivity contribution is -0.128. The second-order valence-electron chi connectivity index (χ2n) is 6.62. The molecule has 1 amide bonds. The zero-order chi connectivity index (χ0) is 19.7. The highest BCUT2D eigenvalue weighted by Gasteiger charge is 2.32. The molecule has 2 heterocycles. The van der Waals surface area contributed by atoms with Crippen LogP contribution in [0.1, 0.15) is 5.56 Å². The number of para-hydroxylation sites is 1. The zero-order valence-corrected chi connectivity index (χ0v) is 16.6. The van der Waals surface area contributed by atoms with E-state index in [4.69, 9.17) is 16.3 Å². The van der Waals surface area contributed by atoms with E-state index in [2.05, 4.69) is 0 Å². The summed E-state index contributed by atoms with van der Waals surface area (Å²) in [4.78, 5) is 14.6. The number of carbonyl (C=O) groups excluding carboxylic acids is 1. The molecule has 8 heteroatoms. The van der Waals surface area contributed by atoms with Gasteiger partial charge in [0.25, 0.3) is 5.91 Å². The number of amides is 1. The van der Waals surface area contributed by atoms with Gasteiger partial charge in [0.2, 0.25) is 10.0 Å². The van der Waals surface area contributed by atoms with Gasteiger partial charge in [0.1, 0.15) is 17.3 Å². The van der Waals surface area contributed by atoms with Crippen LogP contribution >= 0.6 is 11.6 Å². The minimum absolute atomic E-state index is 0.0939. The van der Waals surface area contributed by atoms with E-state index < -0.39 is 10.0 Å². The van der Waals surface area contributed by atoms with E-state index in [1.54, 1.807) is 23.1 Å². The predicted octanol–water partition coefficient (Wildman–Crippen LogP) is 2.65. The van der Waals surface area contributed by atoms with E-state index in [0.717, 1.165) is 11.3 Å². The van der Waals surface area contributed by atoms with Gasteiger partial charge in [-0.1, -0.05) is 41.9 Å². The maximum Gasteiger partial charge on any atom is 0.253 e. The summed E-state index contributed by atoms with van der Waals surface area (Å²) >= 11 is 6.06. The second-order valence-corrected chi connectivity index (χ2v) is 8.94. The Morgan fingerprint density at radius 3 is 2.39 bits per heavy atom. The summed E-state index contributed by atoms with van der Waals surface area (Å²) in [5.41, 5.74) is 1.44. The van der Waals surface area contributed by atoms with Crippen molar-refractivity contribution in [2.45, 2.75) is 4.90 Å². The van der Waals surface area contributed by atoms with Gasteiger partial charge in [0.05, 0.1) is 10.6 Å². The van der Waals surface area contributed by atoms with Crippen molar-refractivity contribution in [2.24, 2.45) is 0 Å². The molecule has 28 heavy (non-hydrogen) atoms. The minimum atomic E-state index is -3.68. The van der Waals surface area contributed by atoms with Crippen LogP contribution in [0.25, 0.3) is 6.08 Å². The topological polar surface area (TPSA) is 66.9 Å². The first-order chi connectivity index (χ1) is 13.5. The van der Waals surface area contributed by atoms with Crippen LogP contribution in [0.3, 0.4) is 0 Å². The average Bonchev–Trinajstić information content (AvgIpc) is 2.73. The molecular weight excluding hydrogens is 400 g/mol. The minimum Gasteiger partial charge on any atom is -0.488 e. The Morgan fingerprint density at radius 1 is 0.964 bits per heavy atom. The van der Waals surface area contributed by atoms with Crippen LogP contribution in [0.2, 0.25) is 5.02 Å². The SMILES string of the molecule is O=C(C1=Cc2ccccc2OC1)N1CCN(S(=O)(=O)c2ccccc2Cl)CC1. The van der Waals surface area contributed by atoms with Crippen LogP contribution in [-0.2, 0) is 14.8 Å². The van der Waals surface area contributed by atoms with E-state index >= 15 is 0 Å². The number of rotatable bonds is 3. The lowest BCUT2D eigenvalue weighted by atomic mass is 10.1. The van der Waals surface area contributed by atoms with E-state index in [-0.39, 0.29) is 35.5 Å². The molecule has 1 saturated heterocycles. The zero-order valence-electron chi connectivity index (χ0n) is 15.0. The lowest BCUT2D eigenvalue weighted by Crippen LogP contribution is -2.51. The summed E-state index contributed by atoms with van der Waals surface area (Å²) in [7, 11) is -3.68. The van der Waals surface area contributed by atoms with Crippen molar-refractivity contribution in [1.29, 1.82) is 0 Å². The highest BCUT2D eigenvalue weighted by molar-refractivity contribution is 7.89. The number of fused-ring (bicyclic) bond motifs is 1. The summed E-state index contributed by atoms with van der Waals surface area (Å²) in [5, 5.41) is 0.198. The Bertz CT molecular complexity index is 1040. The summed E-state index contributed by atoms with van der Waals surface area (Å²) in [5.74, 6) is 0.638. The number of nitrogens with zero attached hydrogens (tertiary/aromatic N) is 2. The van der Waals surface area contributed by atoms with Crippen LogP contribution in [0.4, 0.5) is 0 Å². The first-order valence-electron chi connectivity index (χ1n) is 8.93. The van der Waals surface area contributed by atoms with Crippen molar-refractivity contribution in [2.75, 3.05) is 32.8 Å². The number of hydrogen-bond acceptors (Lipinski definition) is 4. The Labute approximate surface area is 169 Å². The fourth-order valence-corrected chi connectivity index (χ4v) is 5.28. The van der Waals surface area contributed by atoms with Gasteiger partial charge < -0.3 is 9.64 Å². The summed E-state index contributed by atoms with van der Waals surface area (Å²) in [6.07, 6.45) is 1.84. The number of halogens is 1. The first kappa shape index (κ1) is 19.0. The van der Waals surface area contributed by atoms with Crippen molar-refractivity contribution in [1.82, 2.24) is 9.21 Å². The van der Waals surface area contributed by atoms with Gasteiger partial charge in [-0.2, -0.15) is 4.31 Å². The molecule has 0 spiro atoms. The number of carbonyl (C=O) groups is 1. The molecule has 0 radical (unpaired) electrons. The highest BCUT2D eigenvalue weighted by Crippen LogP contribution is 2.28. The summed E-state index contributed by atoms with van der Waals surface area (Å²) in [6.45, 7) is 1.31. The van der Waals surface area contributed by atoms with E-state index in [1.165, 1.54) is 10.4 Å². The number of benzene rings is 2. The molecule has 2 aliphatic rings. The van der Waals surface area contributed by atoms with Crippen LogP contribution < -0.4 is 4.74 Å². The smallest absolute Gasteiger partial charge is 0.253 e. The fraction of sp³-hybridized carbons (Fsp3) is 0.250. The van der Waals surface area contributed by atoms with Crippen molar-refractivity contribution < 1.29 is 17.9 Å². The van der Waals surface area contributed by atoms with E-state index in [1.807, 2.05) is 30.3 Å². The van der Waals surface area contributed by atoms with Gasteiger partial charge in [-0.05, 0) is 24.3 Å². The Kier molecular flexibility index (Phi) is 5.14. The normalized spacial score (nSPS) is 17.5. The Morgan fingerprint density at radius 2 is 1.64 bits per heavy atom. The second kappa shape index (κ2) is 7.58. The molecule has 2 aliphatic heterocycles. The van der Waals surface area contributed by atoms with Gasteiger partial charge in [0.15, 0.2) is 0 Å². The quantitative estimate of drug-likeness (QED) is 0.768. The Hall–Kier alpha value is -2.35. The largest absolute Gasteiger partial charge is 0.488 e. The molecule has 2 aromatic rings. The molecule has 0 saturated carbocycles. The van der Waals surface area contributed by atoms with Crippen LogP contribution in [-0.4, -0.2) is 56.3 Å². The highest BCUT2D eigenvalue weighted by atomic mass is 35.5. The maximum absolute atomic E-state index is 12.8. The van der Waals surface area contributed by atoms with E-state index in [0.29, 0.717) is 18.7 Å². The number of hydrogen-bond donors (Lipinski definition) is 0. The molecule has 0 aliphatic carbocycles. The van der Waals surface area contributed by atoms with Gasteiger partial charge in [0, 0.05) is 31.7 Å². The van der Waals surface area contributed by atoms with E-state index in [9.17, 15) is 13.2 Å². The molecule has 1 fully saturated rings. The molecule has 0 aromatic heterocycles. The van der Waals surface area contributed by atoms with Crippen LogP contribution in [0.15, 0.2) is 59.0 Å². The molecule has 146 valence electrons. The third-order valence-electron chi connectivity index (χ3n) is 4.89. The van der Waals surface area contributed by atoms with Crippen LogP contribution in [0, 0.1) is 0 Å². The molecule has 2 aromatic carbocycles. The molecule has 0 unspecified atom stereocenters. The monoisotopic (exact) mass is 418 g/mol. The van der Waals surface area contributed by atoms with Gasteiger partial charge in [-0.25, -0.2) is 8.42 Å². The van der Waals surface area contributed by atoms with Crippen molar-refractivity contribution in [3.05, 3.63) is 64.7 Å². The maximum atomic E-state index is 12.8. The molecule has 6 nitrogen and oxygen atoms in total. The fourth-order valence-electron chi connectivity index (χ4n) is 3.37. The van der Waals surface area contributed by atoms with Crippen molar-refractivity contribution in [3.8, 4) is 5.75 Å². The third kappa shape index (κ3) is 3.53.